The van der Waals surface area contributed by atoms with Crippen molar-refractivity contribution in [3.8, 4) is 0 Å². The van der Waals surface area contributed by atoms with Gasteiger partial charge >= 0.3 is 11.9 Å². The van der Waals surface area contributed by atoms with Crippen LogP contribution in [-0.4, -0.2) is 43.0 Å². The summed E-state index contributed by atoms with van der Waals surface area (Å²) in [6.45, 7) is 1.81. The lowest BCUT2D eigenvalue weighted by molar-refractivity contribution is -0.139. The van der Waals surface area contributed by atoms with Crippen LogP contribution in [0.25, 0.3) is 0 Å². The monoisotopic (exact) mass is 579 g/mol. The largest absolute Gasteiger partial charge is 0.465 e. The maximum absolute atomic E-state index is 13.9. The van der Waals surface area contributed by atoms with Gasteiger partial charge in [-0.3, -0.25) is 0 Å². The molecule has 4 rings (SSSR count). The van der Waals surface area contributed by atoms with Gasteiger partial charge in [0.15, 0.2) is 0 Å². The molecule has 3 aromatic carbocycles. The summed E-state index contributed by atoms with van der Waals surface area (Å²) in [5.41, 5.74) is 0.0475. The molecule has 0 unspecified atom stereocenters. The van der Waals surface area contributed by atoms with Gasteiger partial charge < -0.3 is 14.4 Å². The molecular weight excluding hydrogens is 554 g/mol. The molecule has 0 aliphatic carbocycles. The van der Waals surface area contributed by atoms with Crippen molar-refractivity contribution in [2.75, 3.05) is 19.1 Å². The SMILES string of the molecule is COC(=O)C1=C(C(=O)OC)N(c2cc(S(=O)(=O)c3ccccc3)ccc2S(=O)(=O)c2ccc(C)cc2)C=CC=C1. The van der Waals surface area contributed by atoms with Crippen molar-refractivity contribution in [3.63, 3.8) is 0 Å². The number of carbonyl (C=O) groups is 2. The van der Waals surface area contributed by atoms with E-state index in [0.29, 0.717) is 0 Å². The van der Waals surface area contributed by atoms with Crippen LogP contribution in [0, 0.1) is 6.92 Å². The number of esters is 2. The Morgan fingerprint density at radius 2 is 1.30 bits per heavy atom. The molecule has 9 nitrogen and oxygen atoms in total. The quantitative estimate of drug-likeness (QED) is 0.380. The fraction of sp³-hybridized carbons (Fsp3) is 0.103. The summed E-state index contributed by atoms with van der Waals surface area (Å²) in [6, 6.07) is 17.2. The van der Waals surface area contributed by atoms with E-state index < -0.39 is 31.6 Å². The summed E-state index contributed by atoms with van der Waals surface area (Å²) in [4.78, 5) is 26.2. The number of sulfone groups is 2. The predicted molar refractivity (Wildman–Crippen MR) is 147 cm³/mol. The molecule has 1 heterocycles. The number of benzene rings is 3. The zero-order valence-corrected chi connectivity index (χ0v) is 23.4. The second-order valence-electron chi connectivity index (χ2n) is 8.58. The summed E-state index contributed by atoms with van der Waals surface area (Å²) >= 11 is 0. The Balaban J connectivity index is 2.07. The van der Waals surface area contributed by atoms with E-state index in [9.17, 15) is 26.4 Å². The number of hydrogen-bond donors (Lipinski definition) is 0. The van der Waals surface area contributed by atoms with Gasteiger partial charge in [-0.25, -0.2) is 26.4 Å². The minimum atomic E-state index is -4.26. The van der Waals surface area contributed by atoms with E-state index in [4.69, 9.17) is 9.47 Å². The summed E-state index contributed by atoms with van der Waals surface area (Å²) in [7, 11) is -6.14. The first-order valence-electron chi connectivity index (χ1n) is 11.8. The molecule has 0 fully saturated rings. The minimum absolute atomic E-state index is 0.0119. The molecule has 0 bridgehead atoms. The molecular formula is C29H25NO8S2. The van der Waals surface area contributed by atoms with Crippen LogP contribution in [0.1, 0.15) is 5.56 Å². The Bertz CT molecular complexity index is 1770. The Morgan fingerprint density at radius 1 is 0.700 bits per heavy atom. The highest BCUT2D eigenvalue weighted by molar-refractivity contribution is 7.92. The average Bonchev–Trinajstić information content (AvgIpc) is 3.20. The van der Waals surface area contributed by atoms with Gasteiger partial charge in [0.25, 0.3) is 0 Å². The Kier molecular flexibility index (Phi) is 8.08. The second kappa shape index (κ2) is 11.3. The summed E-state index contributed by atoms with van der Waals surface area (Å²) in [5, 5.41) is 0. The van der Waals surface area contributed by atoms with Crippen molar-refractivity contribution in [1.82, 2.24) is 0 Å². The molecule has 0 atom stereocenters. The van der Waals surface area contributed by atoms with Crippen molar-refractivity contribution >= 4 is 37.3 Å². The van der Waals surface area contributed by atoms with Crippen molar-refractivity contribution in [1.29, 1.82) is 0 Å². The average molecular weight is 580 g/mol. The van der Waals surface area contributed by atoms with E-state index in [0.717, 1.165) is 30.7 Å². The van der Waals surface area contributed by atoms with Crippen LogP contribution >= 0.6 is 0 Å². The third kappa shape index (κ3) is 5.33. The van der Waals surface area contributed by atoms with Crippen molar-refractivity contribution in [2.24, 2.45) is 0 Å². The zero-order valence-electron chi connectivity index (χ0n) is 21.8. The molecule has 11 heteroatoms. The van der Waals surface area contributed by atoms with Crippen LogP contribution in [0.15, 0.2) is 128 Å². The number of carbonyl (C=O) groups excluding carboxylic acids is 2. The number of rotatable bonds is 7. The topological polar surface area (TPSA) is 124 Å². The van der Waals surface area contributed by atoms with E-state index in [1.807, 2.05) is 6.92 Å². The lowest BCUT2D eigenvalue weighted by atomic mass is 10.1. The highest BCUT2D eigenvalue weighted by Crippen LogP contribution is 2.37. The molecule has 0 radical (unpaired) electrons. The third-order valence-electron chi connectivity index (χ3n) is 6.06. The van der Waals surface area contributed by atoms with Crippen molar-refractivity contribution in [2.45, 2.75) is 26.5 Å². The van der Waals surface area contributed by atoms with Gasteiger partial charge in [-0.15, -0.1) is 0 Å². The van der Waals surface area contributed by atoms with Gasteiger partial charge in [0.2, 0.25) is 19.7 Å². The highest BCUT2D eigenvalue weighted by atomic mass is 32.2. The molecule has 1 aliphatic heterocycles. The maximum Gasteiger partial charge on any atom is 0.355 e. The zero-order chi connectivity index (χ0) is 29.1. The summed E-state index contributed by atoms with van der Waals surface area (Å²) in [6.07, 6.45) is 5.56. The number of nitrogens with zero attached hydrogens (tertiary/aromatic N) is 1. The van der Waals surface area contributed by atoms with E-state index in [-0.39, 0.29) is 36.5 Å². The standard InChI is InChI=1S/C29H25NO8S2/c1-20-12-14-22(15-13-20)40(35,36)26-17-16-23(39(33,34)21-9-5-4-6-10-21)19-25(26)30-18-8-7-11-24(28(31)37-2)27(30)29(32)38-3/h4-19H,1-3H3. The number of aryl methyl sites for hydroxylation is 1. The molecule has 206 valence electrons. The number of hydrogen-bond acceptors (Lipinski definition) is 9. The maximum atomic E-state index is 13.9. The van der Waals surface area contributed by atoms with Crippen molar-refractivity contribution < 1.29 is 35.9 Å². The molecule has 0 saturated heterocycles. The van der Waals surface area contributed by atoms with Crippen LogP contribution in [-0.2, 0) is 38.7 Å². The number of methoxy groups -OCH3 is 2. The molecule has 0 saturated carbocycles. The third-order valence-corrected chi connectivity index (χ3v) is 9.65. The lowest BCUT2D eigenvalue weighted by Gasteiger charge is -2.26. The number of anilines is 1. The van der Waals surface area contributed by atoms with Gasteiger partial charge in [0.05, 0.1) is 45.1 Å². The van der Waals surface area contributed by atoms with Crippen LogP contribution in [0.3, 0.4) is 0 Å². The predicted octanol–water partition coefficient (Wildman–Crippen LogP) is 4.15. The van der Waals surface area contributed by atoms with Gasteiger partial charge in [0, 0.05) is 6.20 Å². The van der Waals surface area contributed by atoms with Gasteiger partial charge in [-0.1, -0.05) is 42.0 Å². The van der Waals surface area contributed by atoms with E-state index >= 15 is 0 Å². The van der Waals surface area contributed by atoms with E-state index in [1.54, 1.807) is 30.3 Å². The van der Waals surface area contributed by atoms with Gasteiger partial charge in [-0.2, -0.15) is 0 Å². The normalized spacial score (nSPS) is 13.6. The van der Waals surface area contributed by atoms with Crippen LogP contribution in [0.2, 0.25) is 0 Å². The first-order valence-corrected chi connectivity index (χ1v) is 14.8. The van der Waals surface area contributed by atoms with Crippen LogP contribution in [0.5, 0.6) is 0 Å². The highest BCUT2D eigenvalue weighted by Gasteiger charge is 2.33. The minimum Gasteiger partial charge on any atom is -0.465 e. The Morgan fingerprint density at radius 3 is 1.93 bits per heavy atom. The summed E-state index contributed by atoms with van der Waals surface area (Å²) < 4.78 is 64.6. The molecule has 0 spiro atoms. The van der Waals surface area contributed by atoms with Crippen LogP contribution in [0.4, 0.5) is 5.69 Å². The molecule has 0 aromatic heterocycles. The van der Waals surface area contributed by atoms with E-state index in [2.05, 4.69) is 0 Å². The molecule has 1 aliphatic rings. The molecule has 0 amide bonds. The van der Waals surface area contributed by atoms with Gasteiger partial charge in [-0.05, 0) is 61.5 Å². The Hall–Kier alpha value is -4.48. The molecule has 0 N–H and O–H groups in total. The number of allylic oxidation sites excluding steroid dienone is 2. The van der Waals surface area contributed by atoms with Gasteiger partial charge in [0.1, 0.15) is 5.70 Å². The first-order chi connectivity index (χ1) is 19.0. The Labute approximate surface area is 232 Å². The fourth-order valence-electron chi connectivity index (χ4n) is 4.01. The molecule has 40 heavy (non-hydrogen) atoms. The smallest absolute Gasteiger partial charge is 0.355 e. The second-order valence-corrected chi connectivity index (χ2v) is 12.4. The van der Waals surface area contributed by atoms with E-state index in [1.165, 1.54) is 60.8 Å². The molecule has 3 aromatic rings. The van der Waals surface area contributed by atoms with Crippen LogP contribution < -0.4 is 4.90 Å². The first kappa shape index (κ1) is 28.5. The lowest BCUT2D eigenvalue weighted by Crippen LogP contribution is -2.28. The van der Waals surface area contributed by atoms with Crippen molar-refractivity contribution in [3.05, 3.63) is 114 Å². The summed E-state index contributed by atoms with van der Waals surface area (Å²) in [5.74, 6) is -1.87. The number of ether oxygens (including phenoxy) is 2. The fourth-order valence-corrected chi connectivity index (χ4v) is 6.74.